The fourth-order valence-electron chi connectivity index (χ4n) is 3.20. The molecule has 2 N–H and O–H groups in total. The number of allylic oxidation sites excluding steroid dienone is 2. The van der Waals surface area contributed by atoms with Crippen molar-refractivity contribution < 1.29 is 4.74 Å². The van der Waals surface area contributed by atoms with Crippen LogP contribution in [0.4, 0.5) is 0 Å². The Bertz CT molecular complexity index is 525. The smallest absolute Gasteiger partial charge is 0.198 e. The van der Waals surface area contributed by atoms with Crippen molar-refractivity contribution in [3.63, 3.8) is 0 Å². The summed E-state index contributed by atoms with van der Waals surface area (Å²) in [6.45, 7) is 10.9. The molecular formula is C16H26BrN5O. The van der Waals surface area contributed by atoms with Crippen LogP contribution in [0.1, 0.15) is 20.3 Å². The predicted molar refractivity (Wildman–Crippen MR) is 96.3 cm³/mol. The van der Waals surface area contributed by atoms with Gasteiger partial charge in [0.1, 0.15) is 6.17 Å². The highest BCUT2D eigenvalue weighted by molar-refractivity contribution is 9.11. The predicted octanol–water partition coefficient (Wildman–Crippen LogP) is 1.43. The largest absolute Gasteiger partial charge is 0.379 e. The molecule has 0 aromatic heterocycles. The van der Waals surface area contributed by atoms with E-state index in [4.69, 9.17) is 9.73 Å². The molecule has 7 heteroatoms. The fourth-order valence-corrected chi connectivity index (χ4v) is 3.76. The molecule has 0 aliphatic carbocycles. The van der Waals surface area contributed by atoms with E-state index in [9.17, 15) is 0 Å². The molecule has 3 aliphatic heterocycles. The minimum Gasteiger partial charge on any atom is -0.379 e. The van der Waals surface area contributed by atoms with E-state index in [2.05, 4.69) is 56.4 Å². The van der Waals surface area contributed by atoms with Gasteiger partial charge in [-0.05, 0) is 19.4 Å². The van der Waals surface area contributed by atoms with Gasteiger partial charge in [-0.15, -0.1) is 0 Å². The number of nitrogens with one attached hydrogen (secondary N) is 2. The third-order valence-electron chi connectivity index (χ3n) is 4.53. The number of aliphatic imine (C=N–C) groups is 1. The SMILES string of the molecule is CCN1C=C(Br)CC2=C(C)N=C(NCCN3CCOCC3)NC21. The summed E-state index contributed by atoms with van der Waals surface area (Å²) in [5.41, 5.74) is 2.46. The lowest BCUT2D eigenvalue weighted by Crippen LogP contribution is -2.55. The summed E-state index contributed by atoms with van der Waals surface area (Å²) in [5.74, 6) is 0.884. The molecule has 1 saturated heterocycles. The standard InChI is InChI=1S/C16H26BrN5O/c1-3-22-11-13(17)10-14-12(2)19-16(20-15(14)22)18-4-5-21-6-8-23-9-7-21/h11,15H,3-10H2,1-2H3,(H2,18,19,20). The number of guanidine groups is 1. The van der Waals surface area contributed by atoms with E-state index in [1.54, 1.807) is 0 Å². The number of morpholine rings is 1. The van der Waals surface area contributed by atoms with Crippen molar-refractivity contribution in [3.05, 3.63) is 22.0 Å². The summed E-state index contributed by atoms with van der Waals surface area (Å²) < 4.78 is 6.60. The average Bonchev–Trinajstić information content (AvgIpc) is 2.56. The van der Waals surface area contributed by atoms with Crippen LogP contribution in [0.15, 0.2) is 26.9 Å². The Morgan fingerprint density at radius 2 is 2.22 bits per heavy atom. The van der Waals surface area contributed by atoms with Gasteiger partial charge in [-0.25, -0.2) is 4.99 Å². The molecule has 0 amide bonds. The lowest BCUT2D eigenvalue weighted by molar-refractivity contribution is 0.0389. The third-order valence-corrected chi connectivity index (χ3v) is 5.02. The van der Waals surface area contributed by atoms with Gasteiger partial charge in [-0.2, -0.15) is 0 Å². The molecule has 0 bridgehead atoms. The van der Waals surface area contributed by atoms with Gasteiger partial charge in [-0.1, -0.05) is 15.9 Å². The van der Waals surface area contributed by atoms with Gasteiger partial charge in [0.2, 0.25) is 0 Å². The van der Waals surface area contributed by atoms with E-state index in [1.807, 2.05) is 0 Å². The van der Waals surface area contributed by atoms with Gasteiger partial charge in [0.15, 0.2) is 5.96 Å². The molecule has 23 heavy (non-hydrogen) atoms. The Labute approximate surface area is 146 Å². The average molecular weight is 384 g/mol. The molecule has 0 aromatic carbocycles. The lowest BCUT2D eigenvalue weighted by Gasteiger charge is -2.39. The van der Waals surface area contributed by atoms with Crippen molar-refractivity contribution in [3.8, 4) is 0 Å². The number of halogens is 1. The highest BCUT2D eigenvalue weighted by Gasteiger charge is 2.29. The van der Waals surface area contributed by atoms with E-state index < -0.39 is 0 Å². The van der Waals surface area contributed by atoms with Gasteiger partial charge in [-0.3, -0.25) is 4.90 Å². The van der Waals surface area contributed by atoms with Crippen molar-refractivity contribution >= 4 is 21.9 Å². The first-order valence-electron chi connectivity index (χ1n) is 8.38. The monoisotopic (exact) mass is 383 g/mol. The van der Waals surface area contributed by atoms with Gasteiger partial charge in [0.25, 0.3) is 0 Å². The normalized spacial score (nSPS) is 25.5. The van der Waals surface area contributed by atoms with Gasteiger partial charge in [0, 0.05) is 55.5 Å². The zero-order valence-corrected chi connectivity index (χ0v) is 15.5. The molecule has 3 rings (SSSR count). The fraction of sp³-hybridized carbons (Fsp3) is 0.688. The number of hydrogen-bond acceptors (Lipinski definition) is 6. The molecular weight excluding hydrogens is 358 g/mol. The second-order valence-electron chi connectivity index (χ2n) is 6.08. The van der Waals surface area contributed by atoms with Gasteiger partial charge < -0.3 is 20.3 Å². The molecule has 0 radical (unpaired) electrons. The quantitative estimate of drug-likeness (QED) is 0.768. The Hall–Kier alpha value is -1.05. The Kier molecular flexibility index (Phi) is 5.61. The van der Waals surface area contributed by atoms with Gasteiger partial charge >= 0.3 is 0 Å². The highest BCUT2D eigenvalue weighted by Crippen LogP contribution is 2.31. The molecule has 128 valence electrons. The van der Waals surface area contributed by atoms with E-state index in [-0.39, 0.29) is 6.17 Å². The maximum atomic E-state index is 5.38. The van der Waals surface area contributed by atoms with Crippen LogP contribution in [0, 0.1) is 0 Å². The zero-order valence-electron chi connectivity index (χ0n) is 13.9. The van der Waals surface area contributed by atoms with Crippen LogP contribution in [0.2, 0.25) is 0 Å². The van der Waals surface area contributed by atoms with Crippen LogP contribution < -0.4 is 10.6 Å². The molecule has 3 heterocycles. The summed E-state index contributed by atoms with van der Waals surface area (Å²) >= 11 is 3.64. The van der Waals surface area contributed by atoms with Crippen LogP contribution in [-0.4, -0.2) is 67.9 Å². The highest BCUT2D eigenvalue weighted by atomic mass is 79.9. The molecule has 3 aliphatic rings. The topological polar surface area (TPSA) is 52.1 Å². The number of hydrogen-bond donors (Lipinski definition) is 2. The van der Waals surface area contributed by atoms with Crippen molar-refractivity contribution in [2.75, 3.05) is 45.9 Å². The number of fused-ring (bicyclic) bond motifs is 1. The van der Waals surface area contributed by atoms with Crippen LogP contribution in [0.25, 0.3) is 0 Å². The van der Waals surface area contributed by atoms with Crippen LogP contribution in [0.5, 0.6) is 0 Å². The molecule has 6 nitrogen and oxygen atoms in total. The van der Waals surface area contributed by atoms with Crippen LogP contribution in [-0.2, 0) is 4.74 Å². The minimum atomic E-state index is 0.213. The van der Waals surface area contributed by atoms with E-state index >= 15 is 0 Å². The summed E-state index contributed by atoms with van der Waals surface area (Å²) in [4.78, 5) is 9.44. The first-order chi connectivity index (χ1) is 11.2. The first-order valence-corrected chi connectivity index (χ1v) is 9.17. The summed E-state index contributed by atoms with van der Waals surface area (Å²) in [6.07, 6.45) is 3.33. The zero-order chi connectivity index (χ0) is 16.2. The van der Waals surface area contributed by atoms with Gasteiger partial charge in [0.05, 0.1) is 13.2 Å². The third kappa shape index (κ3) is 4.08. The Balaban J connectivity index is 1.58. The second-order valence-corrected chi connectivity index (χ2v) is 7.10. The Morgan fingerprint density at radius 3 is 2.96 bits per heavy atom. The number of likely N-dealkylation sites (N-methyl/N-ethyl adjacent to an activating group) is 1. The number of rotatable bonds is 4. The van der Waals surface area contributed by atoms with Crippen molar-refractivity contribution in [1.82, 2.24) is 20.4 Å². The van der Waals surface area contributed by atoms with E-state index in [1.165, 1.54) is 10.1 Å². The maximum Gasteiger partial charge on any atom is 0.198 e. The molecule has 0 aromatic rings. The molecule has 1 unspecified atom stereocenters. The van der Waals surface area contributed by atoms with E-state index in [0.29, 0.717) is 0 Å². The Morgan fingerprint density at radius 1 is 1.43 bits per heavy atom. The molecule has 0 saturated carbocycles. The summed E-state index contributed by atoms with van der Waals surface area (Å²) in [5, 5.41) is 6.99. The van der Waals surface area contributed by atoms with E-state index in [0.717, 1.165) is 64.0 Å². The molecule has 1 atom stereocenters. The second kappa shape index (κ2) is 7.68. The van der Waals surface area contributed by atoms with Crippen LogP contribution >= 0.6 is 15.9 Å². The van der Waals surface area contributed by atoms with Crippen molar-refractivity contribution in [2.45, 2.75) is 26.4 Å². The lowest BCUT2D eigenvalue weighted by atomic mass is 10.0. The van der Waals surface area contributed by atoms with Crippen molar-refractivity contribution in [2.24, 2.45) is 4.99 Å². The number of nitrogens with zero attached hydrogens (tertiary/aromatic N) is 3. The summed E-state index contributed by atoms with van der Waals surface area (Å²) in [6, 6.07) is 0. The summed E-state index contributed by atoms with van der Waals surface area (Å²) in [7, 11) is 0. The van der Waals surface area contributed by atoms with Crippen LogP contribution in [0.3, 0.4) is 0 Å². The number of ether oxygens (including phenoxy) is 1. The first kappa shape index (κ1) is 16.8. The minimum absolute atomic E-state index is 0.213. The molecule has 0 spiro atoms. The molecule has 1 fully saturated rings. The maximum absolute atomic E-state index is 5.38. The van der Waals surface area contributed by atoms with Crippen molar-refractivity contribution in [1.29, 1.82) is 0 Å².